The first-order valence-electron chi connectivity index (χ1n) is 10.0. The number of aryl methyl sites for hydroxylation is 2. The third kappa shape index (κ3) is 4.23. The van der Waals surface area contributed by atoms with E-state index in [-0.39, 0.29) is 10.5 Å². The zero-order valence-electron chi connectivity index (χ0n) is 17.1. The third-order valence-corrected chi connectivity index (χ3v) is 7.52. The average Bonchev–Trinajstić information content (AvgIpc) is 3.24. The molecule has 0 atom stereocenters. The van der Waals surface area contributed by atoms with Crippen LogP contribution in [0.25, 0.3) is 21.7 Å². The molecule has 8 nitrogen and oxygen atoms in total. The van der Waals surface area contributed by atoms with E-state index in [0.717, 1.165) is 40.1 Å². The molecule has 33 heavy (non-hydrogen) atoms. The van der Waals surface area contributed by atoms with E-state index >= 15 is 0 Å². The van der Waals surface area contributed by atoms with Crippen LogP contribution in [0, 0.1) is 0 Å². The molecule has 10 heteroatoms. The van der Waals surface area contributed by atoms with Gasteiger partial charge in [0, 0.05) is 27.2 Å². The molecule has 5 rings (SSSR count). The van der Waals surface area contributed by atoms with Gasteiger partial charge in [-0.1, -0.05) is 18.2 Å². The Balaban J connectivity index is 1.50. The van der Waals surface area contributed by atoms with E-state index in [1.807, 2.05) is 12.1 Å². The number of thiophene rings is 1. The van der Waals surface area contributed by atoms with Crippen molar-refractivity contribution in [3.63, 3.8) is 0 Å². The molecule has 0 amide bonds. The molecule has 0 saturated carbocycles. The Morgan fingerprint density at radius 2 is 1.91 bits per heavy atom. The molecular formula is C23H18N4O4S2. The predicted molar refractivity (Wildman–Crippen MR) is 126 cm³/mol. The fourth-order valence-corrected chi connectivity index (χ4v) is 5.49. The Morgan fingerprint density at radius 3 is 2.70 bits per heavy atom. The molecular weight excluding hydrogens is 460 g/mol. The van der Waals surface area contributed by atoms with E-state index in [0.29, 0.717) is 11.6 Å². The maximum Gasteiger partial charge on any atom is 0.335 e. The van der Waals surface area contributed by atoms with E-state index in [9.17, 15) is 18.3 Å². The van der Waals surface area contributed by atoms with Gasteiger partial charge >= 0.3 is 5.97 Å². The molecule has 2 heterocycles. The lowest BCUT2D eigenvalue weighted by molar-refractivity contribution is 0.0697. The second kappa shape index (κ2) is 8.07. The van der Waals surface area contributed by atoms with Gasteiger partial charge in [-0.15, -0.1) is 11.3 Å². The van der Waals surface area contributed by atoms with Crippen molar-refractivity contribution in [3.05, 3.63) is 76.8 Å². The highest BCUT2D eigenvalue weighted by Crippen LogP contribution is 2.41. The molecule has 4 N–H and O–H groups in total. The molecule has 4 aromatic rings. The van der Waals surface area contributed by atoms with E-state index < -0.39 is 16.0 Å². The largest absolute Gasteiger partial charge is 0.478 e. The fourth-order valence-electron chi connectivity index (χ4n) is 3.77. The van der Waals surface area contributed by atoms with Crippen LogP contribution in [0.4, 0.5) is 11.6 Å². The van der Waals surface area contributed by atoms with Gasteiger partial charge in [-0.3, -0.25) is 0 Å². The fraction of sp³-hybridized carbons (Fsp3) is 0.0870. The van der Waals surface area contributed by atoms with Crippen molar-refractivity contribution in [2.24, 2.45) is 5.14 Å². The van der Waals surface area contributed by atoms with Gasteiger partial charge in [0.05, 0.1) is 16.2 Å². The van der Waals surface area contributed by atoms with Crippen molar-refractivity contribution in [3.8, 4) is 21.7 Å². The van der Waals surface area contributed by atoms with E-state index in [1.165, 1.54) is 17.0 Å². The summed E-state index contributed by atoms with van der Waals surface area (Å²) in [7, 11) is -3.82. The molecule has 0 spiro atoms. The Kier molecular flexibility index (Phi) is 5.20. The smallest absolute Gasteiger partial charge is 0.335 e. The summed E-state index contributed by atoms with van der Waals surface area (Å²) in [5.41, 5.74) is 4.44. The van der Waals surface area contributed by atoms with Gasteiger partial charge in [0.1, 0.15) is 0 Å². The molecule has 166 valence electrons. The number of fused-ring (bicyclic) bond motifs is 3. The second-order valence-corrected chi connectivity index (χ2v) is 10.3. The van der Waals surface area contributed by atoms with Crippen molar-refractivity contribution >= 4 is 39.0 Å². The number of nitrogens with one attached hydrogen (secondary N) is 1. The maximum absolute atomic E-state index is 11.6. The number of hydrogen-bond donors (Lipinski definition) is 3. The lowest BCUT2D eigenvalue weighted by atomic mass is 9.95. The standard InChI is InChI=1S/C23H18N4O4S2/c24-33(30,31)17-6-2-5-16(10-17)26-23-25-12-15-7-8-19-18(21(15)27-23)11-20(32-19)13-3-1-4-14(9-13)22(28)29/h1-6,9-12H,7-8H2,(H,28,29)(H2,24,30,31)(H,25,26,27). The van der Waals surface area contributed by atoms with Gasteiger partial charge < -0.3 is 10.4 Å². The Hall–Kier alpha value is -3.60. The highest BCUT2D eigenvalue weighted by Gasteiger charge is 2.22. The summed E-state index contributed by atoms with van der Waals surface area (Å²) in [6.45, 7) is 0. The summed E-state index contributed by atoms with van der Waals surface area (Å²) in [5, 5.41) is 17.6. The first-order valence-corrected chi connectivity index (χ1v) is 12.4. The van der Waals surface area contributed by atoms with Crippen molar-refractivity contribution in [2.45, 2.75) is 17.7 Å². The second-order valence-electron chi connectivity index (χ2n) is 7.60. The first kappa shape index (κ1) is 21.3. The number of primary sulfonamides is 1. The predicted octanol–water partition coefficient (Wildman–Crippen LogP) is 4.06. The van der Waals surface area contributed by atoms with Crippen molar-refractivity contribution in [2.75, 3.05) is 5.32 Å². The van der Waals surface area contributed by atoms with Crippen LogP contribution in [0.5, 0.6) is 0 Å². The molecule has 2 aromatic heterocycles. The SMILES string of the molecule is NS(=O)(=O)c1cccc(Nc2ncc3c(n2)-c2cc(-c4cccc(C(=O)O)c4)sc2CC3)c1. The average molecular weight is 479 g/mol. The normalized spacial score (nSPS) is 12.6. The maximum atomic E-state index is 11.6. The molecule has 0 unspecified atom stereocenters. The number of hydrogen-bond acceptors (Lipinski definition) is 7. The number of carbonyl (C=O) groups is 1. The van der Waals surface area contributed by atoms with Crippen LogP contribution in [0.2, 0.25) is 0 Å². The van der Waals surface area contributed by atoms with E-state index in [4.69, 9.17) is 10.1 Å². The van der Waals surface area contributed by atoms with Crippen LogP contribution >= 0.6 is 11.3 Å². The van der Waals surface area contributed by atoms with Crippen molar-refractivity contribution < 1.29 is 18.3 Å². The summed E-state index contributed by atoms with van der Waals surface area (Å²) < 4.78 is 23.3. The van der Waals surface area contributed by atoms with Gasteiger partial charge in [-0.2, -0.15) is 0 Å². The van der Waals surface area contributed by atoms with Crippen LogP contribution in [0.3, 0.4) is 0 Å². The summed E-state index contributed by atoms with van der Waals surface area (Å²) in [6.07, 6.45) is 3.44. The quantitative estimate of drug-likeness (QED) is 0.394. The lowest BCUT2D eigenvalue weighted by Crippen LogP contribution is -2.12. The van der Waals surface area contributed by atoms with Crippen LogP contribution in [0.15, 0.2) is 65.7 Å². The van der Waals surface area contributed by atoms with Crippen molar-refractivity contribution in [1.82, 2.24) is 9.97 Å². The number of anilines is 2. The molecule has 0 aliphatic heterocycles. The highest BCUT2D eigenvalue weighted by molar-refractivity contribution is 7.89. The number of benzene rings is 2. The van der Waals surface area contributed by atoms with Gasteiger partial charge in [0.2, 0.25) is 16.0 Å². The van der Waals surface area contributed by atoms with Gasteiger partial charge in [-0.25, -0.2) is 28.3 Å². The minimum absolute atomic E-state index is 0.00110. The summed E-state index contributed by atoms with van der Waals surface area (Å²) in [6, 6.07) is 15.1. The minimum Gasteiger partial charge on any atom is -0.478 e. The number of carboxylic acids is 1. The molecule has 0 radical (unpaired) electrons. The minimum atomic E-state index is -3.82. The number of aromatic carboxylic acids is 1. The highest BCUT2D eigenvalue weighted by atomic mass is 32.2. The third-order valence-electron chi connectivity index (χ3n) is 5.36. The number of carboxylic acid groups (broad SMARTS) is 1. The Bertz CT molecular complexity index is 1510. The zero-order chi connectivity index (χ0) is 23.2. The molecule has 0 fully saturated rings. The first-order chi connectivity index (χ1) is 15.8. The van der Waals surface area contributed by atoms with Crippen LogP contribution < -0.4 is 10.5 Å². The lowest BCUT2D eigenvalue weighted by Gasteiger charge is -2.16. The Morgan fingerprint density at radius 1 is 1.09 bits per heavy atom. The van der Waals surface area contributed by atoms with Gasteiger partial charge in [-0.05, 0) is 60.4 Å². The summed E-state index contributed by atoms with van der Waals surface area (Å²) in [4.78, 5) is 22.6. The monoisotopic (exact) mass is 478 g/mol. The Labute approximate surface area is 193 Å². The number of rotatable bonds is 5. The molecule has 2 aromatic carbocycles. The van der Waals surface area contributed by atoms with Crippen LogP contribution in [-0.4, -0.2) is 29.5 Å². The number of nitrogens with zero attached hydrogens (tertiary/aromatic N) is 2. The molecule has 0 saturated heterocycles. The summed E-state index contributed by atoms with van der Waals surface area (Å²) in [5.74, 6) is -0.618. The number of aromatic nitrogens is 2. The van der Waals surface area contributed by atoms with Crippen LogP contribution in [0.1, 0.15) is 20.8 Å². The number of nitrogens with two attached hydrogens (primary N) is 1. The van der Waals surface area contributed by atoms with Gasteiger partial charge in [0.25, 0.3) is 0 Å². The topological polar surface area (TPSA) is 135 Å². The molecule has 0 bridgehead atoms. The molecule has 1 aliphatic carbocycles. The molecule has 1 aliphatic rings. The summed E-state index contributed by atoms with van der Waals surface area (Å²) >= 11 is 1.63. The number of sulfonamides is 1. The van der Waals surface area contributed by atoms with Crippen LogP contribution in [-0.2, 0) is 22.9 Å². The van der Waals surface area contributed by atoms with E-state index in [2.05, 4.69) is 10.3 Å². The zero-order valence-corrected chi connectivity index (χ0v) is 18.8. The van der Waals surface area contributed by atoms with Gasteiger partial charge in [0.15, 0.2) is 0 Å². The van der Waals surface area contributed by atoms with E-state index in [1.54, 1.807) is 47.9 Å². The van der Waals surface area contributed by atoms with Crippen molar-refractivity contribution in [1.29, 1.82) is 0 Å².